The molecule has 0 atom stereocenters. The molecule has 1 aliphatic heterocycles. The summed E-state index contributed by atoms with van der Waals surface area (Å²) in [5, 5.41) is 2.28. The summed E-state index contributed by atoms with van der Waals surface area (Å²) in [4.78, 5) is 30.0. The summed E-state index contributed by atoms with van der Waals surface area (Å²) in [6, 6.07) is 29.6. The predicted octanol–water partition coefficient (Wildman–Crippen LogP) is 7.94. The second-order valence-corrected chi connectivity index (χ2v) is 20.2. The molecule has 0 aromatic heterocycles. The Morgan fingerprint density at radius 1 is 0.667 bits per heavy atom. The van der Waals surface area contributed by atoms with Gasteiger partial charge in [-0.15, -0.1) is 0 Å². The maximum Gasteiger partial charge on any atom is 0.319 e. The van der Waals surface area contributed by atoms with Gasteiger partial charge in [0.05, 0.1) is 0 Å². The molecule has 0 saturated heterocycles. The molecule has 0 amide bonds. The van der Waals surface area contributed by atoms with Crippen LogP contribution in [0.5, 0.6) is 5.75 Å². The van der Waals surface area contributed by atoms with E-state index in [-0.39, 0.29) is 33.4 Å². The van der Waals surface area contributed by atoms with Crippen LogP contribution in [0.1, 0.15) is 85.6 Å². The summed E-state index contributed by atoms with van der Waals surface area (Å²) in [6.07, 6.45) is 2.63. The van der Waals surface area contributed by atoms with Crippen molar-refractivity contribution in [2.75, 3.05) is 7.05 Å². The zero-order chi connectivity index (χ0) is 32.4. The number of nitrogens with zero attached hydrogens (tertiary/aromatic N) is 1. The fourth-order valence-corrected chi connectivity index (χ4v) is 12.5. The second-order valence-electron chi connectivity index (χ2n) is 15.9. The van der Waals surface area contributed by atoms with E-state index >= 15 is 0 Å². The normalized spacial score (nSPS) is 20.2. The highest BCUT2D eigenvalue weighted by Crippen LogP contribution is 2.54. The first-order valence-electron chi connectivity index (χ1n) is 16.3. The third-order valence-corrected chi connectivity index (χ3v) is 15.0. The second kappa shape index (κ2) is 11.0. The van der Waals surface area contributed by atoms with Crippen molar-refractivity contribution in [1.29, 1.82) is 0 Å². The molecule has 45 heavy (non-hydrogen) atoms. The Labute approximate surface area is 270 Å². The molecular formula is C40H47NO3Si. The molecule has 234 valence electrons. The molecule has 5 heteroatoms. The molecule has 2 aliphatic carbocycles. The fourth-order valence-electron chi connectivity index (χ4n) is 8.05. The van der Waals surface area contributed by atoms with Crippen LogP contribution in [0.2, 0.25) is 5.04 Å². The first-order chi connectivity index (χ1) is 21.1. The molecule has 0 saturated carbocycles. The smallest absolute Gasteiger partial charge is 0.319 e. The van der Waals surface area contributed by atoms with E-state index in [1.54, 1.807) is 0 Å². The van der Waals surface area contributed by atoms with Gasteiger partial charge in [0.1, 0.15) is 5.75 Å². The van der Waals surface area contributed by atoms with Gasteiger partial charge in [0.15, 0.2) is 11.6 Å². The van der Waals surface area contributed by atoms with Crippen molar-refractivity contribution in [2.45, 2.75) is 85.1 Å². The molecule has 3 aliphatic rings. The predicted molar refractivity (Wildman–Crippen MR) is 185 cm³/mol. The van der Waals surface area contributed by atoms with E-state index < -0.39 is 8.32 Å². The lowest BCUT2D eigenvalue weighted by atomic mass is 9.64. The molecule has 0 N–H and O–H groups in total. The number of carbonyl (C=O) groups excluding carboxylic acids is 2. The average Bonchev–Trinajstić information content (AvgIpc) is 2.97. The van der Waals surface area contributed by atoms with E-state index in [0.717, 1.165) is 46.7 Å². The Kier molecular flexibility index (Phi) is 7.63. The molecule has 0 radical (unpaired) electrons. The summed E-state index contributed by atoms with van der Waals surface area (Å²) in [5.74, 6) is 0.779. The molecule has 0 unspecified atom stereocenters. The van der Waals surface area contributed by atoms with Gasteiger partial charge < -0.3 is 9.33 Å². The molecule has 3 aromatic rings. The number of hydrogen-bond donors (Lipinski definition) is 0. The highest BCUT2D eigenvalue weighted by Gasteiger charge is 2.52. The number of allylic oxidation sites excluding steroid dienone is 4. The first kappa shape index (κ1) is 31.3. The topological polar surface area (TPSA) is 46.6 Å². The molecular weight excluding hydrogens is 571 g/mol. The fraction of sp³-hybridized carbons (Fsp3) is 0.400. The van der Waals surface area contributed by atoms with Gasteiger partial charge in [-0.2, -0.15) is 0 Å². The summed E-state index contributed by atoms with van der Waals surface area (Å²) in [5.41, 5.74) is 4.53. The van der Waals surface area contributed by atoms with Gasteiger partial charge >= 0.3 is 8.32 Å². The number of benzene rings is 3. The van der Waals surface area contributed by atoms with Crippen LogP contribution < -0.4 is 14.8 Å². The molecule has 0 fully saturated rings. The number of hydrogen-bond acceptors (Lipinski definition) is 4. The van der Waals surface area contributed by atoms with Gasteiger partial charge in [-0.3, -0.25) is 9.59 Å². The van der Waals surface area contributed by atoms with Gasteiger partial charge in [0.2, 0.25) is 0 Å². The lowest BCUT2D eigenvalue weighted by Gasteiger charge is -2.48. The van der Waals surface area contributed by atoms with Gasteiger partial charge in [-0.05, 0) is 56.8 Å². The molecule has 1 heterocycles. The number of carbonyl (C=O) groups is 2. The van der Waals surface area contributed by atoms with Crippen LogP contribution in [0.15, 0.2) is 107 Å². The van der Waals surface area contributed by atoms with Crippen molar-refractivity contribution in [1.82, 2.24) is 4.90 Å². The van der Waals surface area contributed by atoms with E-state index in [2.05, 4.69) is 145 Å². The minimum absolute atomic E-state index is 0.117. The number of rotatable bonds is 5. The van der Waals surface area contributed by atoms with Gasteiger partial charge in [0.25, 0.3) is 0 Å². The van der Waals surface area contributed by atoms with Gasteiger partial charge in [0, 0.05) is 48.3 Å². The highest BCUT2D eigenvalue weighted by molar-refractivity contribution is 7.00. The average molecular weight is 618 g/mol. The monoisotopic (exact) mass is 617 g/mol. The third-order valence-electron chi connectivity index (χ3n) is 10.1. The first-order valence-corrected chi connectivity index (χ1v) is 18.2. The number of Topliss-reactive ketones (excluding diaryl/α,β-unsaturated/α-hetero) is 2. The third kappa shape index (κ3) is 5.43. The van der Waals surface area contributed by atoms with Crippen molar-refractivity contribution >= 4 is 30.3 Å². The Balaban J connectivity index is 1.47. The molecule has 6 rings (SSSR count). The molecule has 0 spiro atoms. The standard InChI is InChI=1S/C40H47NO3Si/c1-38(2,3)45(29-15-11-9-12-16-29,30-17-13-10-14-18-30)44-28-21-19-27(20-22-28)35-36-31(23-39(4,5)25-33(36)42)41(8)32-24-40(6,7)26-34(43)37(32)35/h9-22,35H,23-26H2,1-8H3. The highest BCUT2D eigenvalue weighted by atomic mass is 28.4. The Morgan fingerprint density at radius 3 is 1.49 bits per heavy atom. The zero-order valence-corrected chi connectivity index (χ0v) is 29.2. The SMILES string of the molecule is CN1C2=C(C(=O)CC(C)(C)C2)C(c2ccc(O[Si](c3ccccc3)(c3ccccc3)C(C)(C)C)cc2)C2=C1CC(C)(C)CC2=O. The summed E-state index contributed by atoms with van der Waals surface area (Å²) < 4.78 is 7.28. The van der Waals surface area contributed by atoms with Crippen molar-refractivity contribution < 1.29 is 14.0 Å². The van der Waals surface area contributed by atoms with Crippen molar-refractivity contribution in [3.05, 3.63) is 113 Å². The number of ketones is 2. The minimum atomic E-state index is -2.80. The summed E-state index contributed by atoms with van der Waals surface area (Å²) >= 11 is 0. The molecule has 3 aromatic carbocycles. The Hall–Kier alpha value is -3.70. The van der Waals surface area contributed by atoms with Crippen molar-refractivity contribution in [3.63, 3.8) is 0 Å². The largest absolute Gasteiger partial charge is 0.534 e. The summed E-state index contributed by atoms with van der Waals surface area (Å²) in [6.45, 7) is 15.5. The van der Waals surface area contributed by atoms with Gasteiger partial charge in [-0.25, -0.2) is 0 Å². The zero-order valence-electron chi connectivity index (χ0n) is 28.2. The van der Waals surface area contributed by atoms with Crippen LogP contribution in [0.3, 0.4) is 0 Å². The lowest BCUT2D eigenvalue weighted by Crippen LogP contribution is -2.68. The Morgan fingerprint density at radius 2 is 1.09 bits per heavy atom. The lowest BCUT2D eigenvalue weighted by molar-refractivity contribution is -0.119. The maximum absolute atomic E-state index is 13.9. The molecule has 0 bridgehead atoms. The van der Waals surface area contributed by atoms with Crippen LogP contribution in [0, 0.1) is 10.8 Å². The molecule has 4 nitrogen and oxygen atoms in total. The Bertz CT molecular complexity index is 1600. The maximum atomic E-state index is 13.9. The van der Waals surface area contributed by atoms with Crippen molar-refractivity contribution in [2.24, 2.45) is 10.8 Å². The van der Waals surface area contributed by atoms with E-state index in [0.29, 0.717) is 12.8 Å². The van der Waals surface area contributed by atoms with Crippen LogP contribution in [-0.4, -0.2) is 31.8 Å². The van der Waals surface area contributed by atoms with Crippen molar-refractivity contribution in [3.8, 4) is 5.75 Å². The minimum Gasteiger partial charge on any atom is -0.534 e. The van der Waals surface area contributed by atoms with E-state index in [1.807, 2.05) is 0 Å². The van der Waals surface area contributed by atoms with E-state index in [9.17, 15) is 9.59 Å². The van der Waals surface area contributed by atoms with Crippen LogP contribution >= 0.6 is 0 Å². The van der Waals surface area contributed by atoms with Crippen LogP contribution in [0.25, 0.3) is 0 Å². The van der Waals surface area contributed by atoms with Crippen LogP contribution in [-0.2, 0) is 9.59 Å². The van der Waals surface area contributed by atoms with Crippen LogP contribution in [0.4, 0.5) is 0 Å². The van der Waals surface area contributed by atoms with E-state index in [4.69, 9.17) is 4.43 Å². The summed E-state index contributed by atoms with van der Waals surface area (Å²) in [7, 11) is -0.739. The van der Waals surface area contributed by atoms with E-state index in [1.165, 1.54) is 10.4 Å². The quantitative estimate of drug-likeness (QED) is 0.273. The van der Waals surface area contributed by atoms with Gasteiger partial charge in [-0.1, -0.05) is 121 Å².